The molecule has 0 saturated carbocycles. The van der Waals surface area contributed by atoms with E-state index in [1.54, 1.807) is 30.3 Å². The lowest BCUT2D eigenvalue weighted by atomic mass is 10.2. The Bertz CT molecular complexity index is 706. The molecule has 0 aliphatic carbocycles. The van der Waals surface area contributed by atoms with E-state index in [1.165, 1.54) is 4.90 Å². The number of ether oxygens (including phenoxy) is 1. The standard InChI is InChI=1S/C17H21N2O5S2/c1-26(2)12-10-24-17(21)14(19(22)23)16-18(9-6-11-25-16)15(20)13-7-4-3-5-8-13/h3-5,7-8H,6,9-12H2,1-2H3/q+1. The van der Waals surface area contributed by atoms with Crippen molar-refractivity contribution in [1.82, 2.24) is 4.90 Å². The highest BCUT2D eigenvalue weighted by Crippen LogP contribution is 2.32. The fourth-order valence-electron chi connectivity index (χ4n) is 2.31. The van der Waals surface area contributed by atoms with E-state index in [4.69, 9.17) is 4.74 Å². The highest BCUT2D eigenvalue weighted by molar-refractivity contribution is 8.03. The fraction of sp³-hybridized carbons (Fsp3) is 0.412. The summed E-state index contributed by atoms with van der Waals surface area (Å²) in [7, 11) is 0.0672. The summed E-state index contributed by atoms with van der Waals surface area (Å²) in [6.45, 7) is 0.449. The molecular weight excluding hydrogens is 376 g/mol. The number of esters is 1. The van der Waals surface area contributed by atoms with Crippen molar-refractivity contribution in [2.45, 2.75) is 6.42 Å². The van der Waals surface area contributed by atoms with Gasteiger partial charge in [-0.05, 0) is 29.4 Å². The molecule has 1 saturated heterocycles. The molecule has 1 aromatic carbocycles. The minimum Gasteiger partial charge on any atom is -0.452 e. The lowest BCUT2D eigenvalue weighted by Gasteiger charge is -2.28. The second-order valence-electron chi connectivity index (χ2n) is 5.76. The second kappa shape index (κ2) is 9.63. The first-order chi connectivity index (χ1) is 12.4. The topological polar surface area (TPSA) is 89.8 Å². The van der Waals surface area contributed by atoms with Crippen molar-refractivity contribution < 1.29 is 19.2 Å². The van der Waals surface area contributed by atoms with Crippen molar-refractivity contribution in [1.29, 1.82) is 0 Å². The molecule has 26 heavy (non-hydrogen) atoms. The normalized spacial score (nSPS) is 16.3. The molecule has 0 radical (unpaired) electrons. The van der Waals surface area contributed by atoms with Crippen molar-refractivity contribution in [3.05, 3.63) is 56.7 Å². The second-order valence-corrected chi connectivity index (χ2v) is 9.22. The molecule has 1 fully saturated rings. The molecule has 2 rings (SSSR count). The SMILES string of the molecule is C[S+](C)CCOC(=O)C(=C1SCCCN1C(=O)c1ccccc1)[N+](=O)[O-]. The number of hydrogen-bond acceptors (Lipinski definition) is 6. The Morgan fingerprint density at radius 3 is 2.62 bits per heavy atom. The van der Waals surface area contributed by atoms with Crippen LogP contribution in [0.2, 0.25) is 0 Å². The summed E-state index contributed by atoms with van der Waals surface area (Å²) < 4.78 is 5.08. The van der Waals surface area contributed by atoms with Crippen molar-refractivity contribution in [3.63, 3.8) is 0 Å². The zero-order chi connectivity index (χ0) is 19.1. The van der Waals surface area contributed by atoms with Gasteiger partial charge in [0.15, 0.2) is 5.03 Å². The van der Waals surface area contributed by atoms with Gasteiger partial charge in [-0.25, -0.2) is 4.79 Å². The van der Waals surface area contributed by atoms with Crippen molar-refractivity contribution in [2.24, 2.45) is 0 Å². The first-order valence-corrected chi connectivity index (χ1v) is 11.2. The van der Waals surface area contributed by atoms with Crippen LogP contribution >= 0.6 is 11.8 Å². The summed E-state index contributed by atoms with van der Waals surface area (Å²) >= 11 is 1.14. The van der Waals surface area contributed by atoms with E-state index >= 15 is 0 Å². The molecule has 1 amide bonds. The first-order valence-electron chi connectivity index (χ1n) is 8.01. The molecule has 1 aliphatic rings. The molecule has 0 atom stereocenters. The van der Waals surface area contributed by atoms with Gasteiger partial charge in [-0.3, -0.25) is 19.8 Å². The van der Waals surface area contributed by atoms with E-state index in [2.05, 4.69) is 0 Å². The largest absolute Gasteiger partial charge is 0.452 e. The predicted molar refractivity (Wildman–Crippen MR) is 104 cm³/mol. The average Bonchev–Trinajstić information content (AvgIpc) is 2.62. The molecule has 0 spiro atoms. The Morgan fingerprint density at radius 1 is 1.31 bits per heavy atom. The molecule has 0 N–H and O–H groups in total. The van der Waals surface area contributed by atoms with Crippen LogP contribution in [0.5, 0.6) is 0 Å². The number of nitro groups is 1. The number of rotatable bonds is 6. The van der Waals surface area contributed by atoms with Crippen LogP contribution in [0.3, 0.4) is 0 Å². The van der Waals surface area contributed by atoms with Crippen LogP contribution in [0, 0.1) is 10.1 Å². The van der Waals surface area contributed by atoms with Gasteiger partial charge in [0, 0.05) is 17.9 Å². The Balaban J connectivity index is 2.31. The number of carbonyl (C=O) groups is 2. The molecule has 0 bridgehead atoms. The predicted octanol–water partition coefficient (Wildman–Crippen LogP) is 2.13. The van der Waals surface area contributed by atoms with Crippen LogP contribution < -0.4 is 0 Å². The van der Waals surface area contributed by atoms with Gasteiger partial charge >= 0.3 is 11.7 Å². The van der Waals surface area contributed by atoms with Gasteiger partial charge < -0.3 is 4.74 Å². The Labute approximate surface area is 159 Å². The smallest absolute Gasteiger partial charge is 0.412 e. The van der Waals surface area contributed by atoms with Crippen LogP contribution in [-0.2, 0) is 20.4 Å². The minimum atomic E-state index is -0.990. The maximum atomic E-state index is 12.8. The van der Waals surface area contributed by atoms with Gasteiger partial charge in [0.2, 0.25) is 0 Å². The highest BCUT2D eigenvalue weighted by atomic mass is 32.2. The van der Waals surface area contributed by atoms with E-state index in [-0.39, 0.29) is 28.4 Å². The zero-order valence-electron chi connectivity index (χ0n) is 14.7. The van der Waals surface area contributed by atoms with E-state index < -0.39 is 16.6 Å². The van der Waals surface area contributed by atoms with Crippen molar-refractivity contribution in [3.8, 4) is 0 Å². The van der Waals surface area contributed by atoms with Crippen LogP contribution in [0.4, 0.5) is 0 Å². The Morgan fingerprint density at radius 2 is 2.00 bits per heavy atom. The maximum absolute atomic E-state index is 12.8. The quantitative estimate of drug-likeness (QED) is 0.240. The number of benzene rings is 1. The number of thioether (sulfide) groups is 1. The monoisotopic (exact) mass is 397 g/mol. The fourth-order valence-corrected chi connectivity index (χ4v) is 3.81. The van der Waals surface area contributed by atoms with Crippen LogP contribution in [0.25, 0.3) is 0 Å². The lowest BCUT2D eigenvalue weighted by molar-refractivity contribution is -0.422. The summed E-state index contributed by atoms with van der Waals surface area (Å²) in [4.78, 5) is 37.2. The molecule has 9 heteroatoms. The third-order valence-corrected chi connectivity index (χ3v) is 5.74. The molecular formula is C17H21N2O5S2+. The number of nitrogens with zero attached hydrogens (tertiary/aromatic N) is 2. The van der Waals surface area contributed by atoms with Gasteiger partial charge in [0.25, 0.3) is 5.91 Å². The van der Waals surface area contributed by atoms with Gasteiger partial charge in [0.05, 0.1) is 17.4 Å². The Hall–Kier alpha value is -2.00. The average molecular weight is 397 g/mol. The highest BCUT2D eigenvalue weighted by Gasteiger charge is 2.37. The Kier molecular flexibility index (Phi) is 7.52. The van der Waals surface area contributed by atoms with Gasteiger partial charge in [-0.2, -0.15) is 0 Å². The summed E-state index contributed by atoms with van der Waals surface area (Å²) in [5.41, 5.74) is -0.240. The van der Waals surface area contributed by atoms with E-state index in [0.717, 1.165) is 11.8 Å². The number of hydrogen-bond donors (Lipinski definition) is 0. The number of amides is 1. The van der Waals surface area contributed by atoms with Crippen molar-refractivity contribution in [2.75, 3.05) is 37.2 Å². The summed E-state index contributed by atoms with van der Waals surface area (Å²) in [5, 5.41) is 11.6. The molecule has 0 aromatic heterocycles. The van der Waals surface area contributed by atoms with E-state index in [9.17, 15) is 19.7 Å². The van der Waals surface area contributed by atoms with Crippen molar-refractivity contribution >= 4 is 34.5 Å². The van der Waals surface area contributed by atoms with Crippen LogP contribution in [0.1, 0.15) is 16.8 Å². The summed E-state index contributed by atoms with van der Waals surface area (Å²) in [5.74, 6) is -0.100. The molecule has 1 aromatic rings. The summed E-state index contributed by atoms with van der Waals surface area (Å²) in [6, 6.07) is 8.53. The molecule has 0 unspecified atom stereocenters. The van der Waals surface area contributed by atoms with Gasteiger partial charge in [-0.1, -0.05) is 18.2 Å². The first kappa shape index (κ1) is 20.3. The van der Waals surface area contributed by atoms with E-state index in [1.807, 2.05) is 12.5 Å². The van der Waals surface area contributed by atoms with Crippen LogP contribution in [0.15, 0.2) is 41.1 Å². The van der Waals surface area contributed by atoms with Gasteiger partial charge in [-0.15, -0.1) is 11.8 Å². The third-order valence-electron chi connectivity index (χ3n) is 3.58. The summed E-state index contributed by atoms with van der Waals surface area (Å²) in [6.07, 6.45) is 4.69. The third kappa shape index (κ3) is 5.25. The molecule has 140 valence electrons. The van der Waals surface area contributed by atoms with Crippen LogP contribution in [-0.4, -0.2) is 58.9 Å². The minimum absolute atomic E-state index is 0.0621. The van der Waals surface area contributed by atoms with E-state index in [0.29, 0.717) is 30.0 Å². The molecule has 7 nitrogen and oxygen atoms in total. The number of carbonyl (C=O) groups excluding carboxylic acids is 2. The zero-order valence-corrected chi connectivity index (χ0v) is 16.3. The maximum Gasteiger partial charge on any atom is 0.412 e. The lowest BCUT2D eigenvalue weighted by Crippen LogP contribution is -2.36. The molecule has 1 aliphatic heterocycles. The van der Waals surface area contributed by atoms with Gasteiger partial charge in [0.1, 0.15) is 12.4 Å². The molecule has 1 heterocycles.